The molecule has 0 unspecified atom stereocenters. The molecule has 0 heterocycles. The molecule has 166 valence electrons. The molecule has 5 nitrogen and oxygen atoms in total. The van der Waals surface area contributed by atoms with Crippen LogP contribution in [0.2, 0.25) is 10.0 Å². The number of aliphatic imine (C=N–C) groups is 1. The van der Waals surface area contributed by atoms with Crippen molar-refractivity contribution in [3.63, 3.8) is 0 Å². The molecule has 1 amide bonds. The molecule has 0 saturated carbocycles. The van der Waals surface area contributed by atoms with Gasteiger partial charge in [0.05, 0.1) is 16.4 Å². The van der Waals surface area contributed by atoms with Gasteiger partial charge in [0.25, 0.3) is 5.91 Å². The molecule has 0 spiro atoms. The molecule has 3 aromatic carbocycles. The van der Waals surface area contributed by atoms with E-state index in [4.69, 9.17) is 32.7 Å². The van der Waals surface area contributed by atoms with Gasteiger partial charge in [-0.1, -0.05) is 35.3 Å². The summed E-state index contributed by atoms with van der Waals surface area (Å²) in [5.41, 5.74) is 4.08. The van der Waals surface area contributed by atoms with E-state index >= 15 is 0 Å². The smallest absolute Gasteiger partial charge is 0.262 e. The van der Waals surface area contributed by atoms with Crippen LogP contribution < -0.4 is 14.8 Å². The van der Waals surface area contributed by atoms with Crippen molar-refractivity contribution >= 4 is 69.3 Å². The van der Waals surface area contributed by atoms with Crippen molar-refractivity contribution < 1.29 is 14.3 Å². The van der Waals surface area contributed by atoms with Crippen molar-refractivity contribution in [3.8, 4) is 11.5 Å². The number of aryl methyl sites for hydroxylation is 1. The van der Waals surface area contributed by atoms with Crippen molar-refractivity contribution in [3.05, 3.63) is 78.8 Å². The second-order valence-corrected chi connectivity index (χ2v) is 8.95. The van der Waals surface area contributed by atoms with Gasteiger partial charge in [0, 0.05) is 21.9 Å². The summed E-state index contributed by atoms with van der Waals surface area (Å²) in [5, 5.41) is 4.03. The van der Waals surface area contributed by atoms with Crippen LogP contribution in [-0.4, -0.2) is 25.8 Å². The van der Waals surface area contributed by atoms with E-state index in [1.807, 2.05) is 44.2 Å². The maximum absolute atomic E-state index is 12.3. The van der Waals surface area contributed by atoms with Crippen LogP contribution in [0, 0.1) is 17.4 Å². The average Bonchev–Trinajstić information content (AvgIpc) is 2.76. The van der Waals surface area contributed by atoms with Crippen LogP contribution >= 0.6 is 45.8 Å². The highest BCUT2D eigenvalue weighted by atomic mass is 127. The second-order valence-electron chi connectivity index (χ2n) is 6.98. The van der Waals surface area contributed by atoms with E-state index < -0.39 is 0 Å². The van der Waals surface area contributed by atoms with Crippen LogP contribution in [-0.2, 0) is 4.79 Å². The van der Waals surface area contributed by atoms with E-state index in [-0.39, 0.29) is 12.5 Å². The van der Waals surface area contributed by atoms with Gasteiger partial charge in [-0.25, -0.2) is 0 Å². The highest BCUT2D eigenvalue weighted by Crippen LogP contribution is 2.34. The number of amides is 1. The van der Waals surface area contributed by atoms with Gasteiger partial charge in [-0.05, 0) is 89.5 Å². The van der Waals surface area contributed by atoms with Crippen LogP contribution in [0.1, 0.15) is 16.7 Å². The summed E-state index contributed by atoms with van der Waals surface area (Å²) in [6, 6.07) is 14.6. The number of rotatable bonds is 7. The highest BCUT2D eigenvalue weighted by molar-refractivity contribution is 14.1. The van der Waals surface area contributed by atoms with Crippen molar-refractivity contribution in [2.75, 3.05) is 19.0 Å². The van der Waals surface area contributed by atoms with Crippen LogP contribution in [0.5, 0.6) is 11.5 Å². The minimum atomic E-state index is -0.301. The summed E-state index contributed by atoms with van der Waals surface area (Å²) in [7, 11) is 1.55. The lowest BCUT2D eigenvalue weighted by molar-refractivity contribution is -0.118. The van der Waals surface area contributed by atoms with Crippen molar-refractivity contribution in [2.24, 2.45) is 4.99 Å². The zero-order chi connectivity index (χ0) is 23.3. The molecule has 3 aromatic rings. The van der Waals surface area contributed by atoms with Gasteiger partial charge in [0.1, 0.15) is 0 Å². The number of nitrogens with zero attached hydrogens (tertiary/aromatic N) is 1. The van der Waals surface area contributed by atoms with E-state index in [0.29, 0.717) is 27.2 Å². The van der Waals surface area contributed by atoms with E-state index in [1.165, 1.54) is 0 Å². The summed E-state index contributed by atoms with van der Waals surface area (Å²) < 4.78 is 12.0. The fourth-order valence-electron chi connectivity index (χ4n) is 2.84. The molecule has 1 N–H and O–H groups in total. The molecule has 3 rings (SSSR count). The number of hydrogen-bond donors (Lipinski definition) is 1. The minimum Gasteiger partial charge on any atom is -0.493 e. The third-order valence-corrected chi connectivity index (χ3v) is 6.26. The van der Waals surface area contributed by atoms with Gasteiger partial charge < -0.3 is 14.8 Å². The summed E-state index contributed by atoms with van der Waals surface area (Å²) in [6.45, 7) is 3.65. The Morgan fingerprint density at radius 2 is 1.91 bits per heavy atom. The molecule has 0 aliphatic carbocycles. The van der Waals surface area contributed by atoms with E-state index in [9.17, 15) is 4.79 Å². The molecule has 0 atom stereocenters. The van der Waals surface area contributed by atoms with Gasteiger partial charge in [0.15, 0.2) is 18.1 Å². The summed E-state index contributed by atoms with van der Waals surface area (Å²) in [4.78, 5) is 16.9. The van der Waals surface area contributed by atoms with Gasteiger partial charge in [-0.2, -0.15) is 0 Å². The predicted molar refractivity (Wildman–Crippen MR) is 139 cm³/mol. The van der Waals surface area contributed by atoms with Crippen LogP contribution in [0.25, 0.3) is 0 Å². The van der Waals surface area contributed by atoms with E-state index in [2.05, 4.69) is 32.9 Å². The fourth-order valence-corrected chi connectivity index (χ4v) is 3.97. The molecular weight excluding hydrogens is 562 g/mol. The summed E-state index contributed by atoms with van der Waals surface area (Å²) in [5.74, 6) is 0.693. The number of anilines is 1. The summed E-state index contributed by atoms with van der Waals surface area (Å²) in [6.07, 6.45) is 1.74. The largest absolute Gasteiger partial charge is 0.493 e. The topological polar surface area (TPSA) is 59.9 Å². The third-order valence-electron chi connectivity index (χ3n) is 4.65. The Bertz CT molecular complexity index is 1180. The Labute approximate surface area is 210 Å². The zero-order valence-corrected chi connectivity index (χ0v) is 21.4. The van der Waals surface area contributed by atoms with Crippen LogP contribution in [0.4, 0.5) is 11.4 Å². The molecule has 0 bridgehead atoms. The maximum Gasteiger partial charge on any atom is 0.262 e. The molecule has 0 aliphatic heterocycles. The van der Waals surface area contributed by atoms with Gasteiger partial charge in [-0.15, -0.1) is 0 Å². The van der Waals surface area contributed by atoms with Crippen molar-refractivity contribution in [1.82, 2.24) is 0 Å². The van der Waals surface area contributed by atoms with Crippen LogP contribution in [0.15, 0.2) is 53.5 Å². The van der Waals surface area contributed by atoms with Crippen LogP contribution in [0.3, 0.4) is 0 Å². The predicted octanol–water partition coefficient (Wildman–Crippen LogP) is 6.99. The molecule has 32 heavy (non-hydrogen) atoms. The van der Waals surface area contributed by atoms with E-state index in [1.54, 1.807) is 31.5 Å². The Hall–Kier alpha value is -2.29. The molecule has 0 saturated heterocycles. The monoisotopic (exact) mass is 582 g/mol. The number of ether oxygens (including phenoxy) is 2. The lowest BCUT2D eigenvalue weighted by atomic mass is 10.2. The van der Waals surface area contributed by atoms with E-state index in [0.717, 1.165) is 25.9 Å². The first-order valence-corrected chi connectivity index (χ1v) is 11.5. The van der Waals surface area contributed by atoms with Crippen molar-refractivity contribution in [2.45, 2.75) is 13.8 Å². The highest BCUT2D eigenvalue weighted by Gasteiger charge is 2.14. The first kappa shape index (κ1) is 24.4. The number of nitrogens with one attached hydrogen (secondary N) is 1. The molecule has 0 radical (unpaired) electrons. The maximum atomic E-state index is 12.3. The Morgan fingerprint density at radius 1 is 1.12 bits per heavy atom. The average molecular weight is 583 g/mol. The lowest BCUT2D eigenvalue weighted by Gasteiger charge is -2.14. The number of benzene rings is 3. The standard InChI is InChI=1S/C24H21Cl2IN2O3/c1-14-7-8-17(11-19(14)26)29-23(30)13-32-24-20(27)9-16(10-22(24)31-3)12-28-21-6-4-5-18(25)15(21)2/h4-12H,13H2,1-3H3,(H,29,30). The molecule has 8 heteroatoms. The zero-order valence-electron chi connectivity index (χ0n) is 17.7. The van der Waals surface area contributed by atoms with Gasteiger partial charge in [0.2, 0.25) is 0 Å². The number of hydrogen-bond acceptors (Lipinski definition) is 4. The Morgan fingerprint density at radius 3 is 2.62 bits per heavy atom. The SMILES string of the molecule is COc1cc(C=Nc2cccc(Cl)c2C)cc(I)c1OCC(=O)Nc1ccc(C)c(Cl)c1. The lowest BCUT2D eigenvalue weighted by Crippen LogP contribution is -2.20. The molecular formula is C24H21Cl2IN2O3. The number of halogens is 3. The first-order chi connectivity index (χ1) is 15.3. The Balaban J connectivity index is 1.72. The number of carbonyl (C=O) groups excluding carboxylic acids is 1. The van der Waals surface area contributed by atoms with Crippen molar-refractivity contribution in [1.29, 1.82) is 0 Å². The third kappa shape index (κ3) is 6.15. The molecule has 0 fully saturated rings. The summed E-state index contributed by atoms with van der Waals surface area (Å²) >= 11 is 14.4. The second kappa shape index (κ2) is 11.0. The number of methoxy groups -OCH3 is 1. The van der Waals surface area contributed by atoms with Gasteiger partial charge >= 0.3 is 0 Å². The molecule has 0 aliphatic rings. The van der Waals surface area contributed by atoms with Gasteiger partial charge in [-0.3, -0.25) is 9.79 Å². The molecule has 0 aromatic heterocycles. The number of carbonyl (C=O) groups is 1. The quantitative estimate of drug-likeness (QED) is 0.241. The Kier molecular flexibility index (Phi) is 8.39. The normalized spacial score (nSPS) is 10.9. The minimum absolute atomic E-state index is 0.174. The first-order valence-electron chi connectivity index (χ1n) is 9.64. The fraction of sp³-hybridized carbons (Fsp3) is 0.167.